The summed E-state index contributed by atoms with van der Waals surface area (Å²) in [6.45, 7) is 5.95. The fourth-order valence-corrected chi connectivity index (χ4v) is 4.06. The quantitative estimate of drug-likeness (QED) is 0.824. The van der Waals surface area contributed by atoms with Crippen molar-refractivity contribution in [3.8, 4) is 0 Å². The molecule has 2 fully saturated rings. The van der Waals surface area contributed by atoms with Crippen LogP contribution in [0.25, 0.3) is 0 Å². The fourth-order valence-electron chi connectivity index (χ4n) is 4.06. The lowest BCUT2D eigenvalue weighted by molar-refractivity contribution is 0.0753. The monoisotopic (exact) mass is 421 g/mol. The van der Waals surface area contributed by atoms with Crippen molar-refractivity contribution in [3.63, 3.8) is 0 Å². The zero-order valence-electron chi connectivity index (χ0n) is 16.6. The summed E-state index contributed by atoms with van der Waals surface area (Å²) in [5.74, 6) is -0.189. The number of carbonyl (C=O) groups excluding carboxylic acids is 1. The van der Waals surface area contributed by atoms with Crippen molar-refractivity contribution in [1.29, 1.82) is 0 Å². The Morgan fingerprint density at radius 3 is 2.69 bits per heavy atom. The topological polar surface area (TPSA) is 53.4 Å². The molecule has 0 spiro atoms. The summed E-state index contributed by atoms with van der Waals surface area (Å²) in [7, 11) is 0. The predicted octanol–water partition coefficient (Wildman–Crippen LogP) is 2.72. The maximum Gasteiger partial charge on any atom is 0.274 e. The van der Waals surface area contributed by atoms with Crippen LogP contribution in [-0.2, 0) is 6.54 Å². The lowest BCUT2D eigenvalue weighted by atomic mass is 10.1. The van der Waals surface area contributed by atoms with Gasteiger partial charge in [-0.25, -0.2) is 4.39 Å². The first kappa shape index (κ1) is 21.7. The molecule has 29 heavy (non-hydrogen) atoms. The Hall–Kier alpha value is -1.96. The Bertz CT molecular complexity index is 791. The largest absolute Gasteiger partial charge is 0.336 e. The Balaban J connectivity index is 0.00000240. The lowest BCUT2D eigenvalue weighted by Gasteiger charge is -2.23. The van der Waals surface area contributed by atoms with Crippen LogP contribution in [-0.4, -0.2) is 64.8 Å². The molecule has 2 saturated heterocycles. The van der Waals surface area contributed by atoms with Crippen molar-refractivity contribution < 1.29 is 9.18 Å². The summed E-state index contributed by atoms with van der Waals surface area (Å²) in [5, 5.41) is 7.96. The average Bonchev–Trinajstić information content (AvgIpc) is 3.11. The Morgan fingerprint density at radius 2 is 1.93 bits per heavy atom. The van der Waals surface area contributed by atoms with Crippen molar-refractivity contribution in [1.82, 2.24) is 24.9 Å². The Labute approximate surface area is 177 Å². The third kappa shape index (κ3) is 5.56. The van der Waals surface area contributed by atoms with Crippen molar-refractivity contribution in [3.05, 3.63) is 53.6 Å². The molecule has 2 aliphatic heterocycles. The van der Waals surface area contributed by atoms with E-state index in [1.54, 1.807) is 0 Å². The predicted molar refractivity (Wildman–Crippen MR) is 113 cm³/mol. The summed E-state index contributed by atoms with van der Waals surface area (Å²) >= 11 is 0. The van der Waals surface area contributed by atoms with Gasteiger partial charge in [-0.3, -0.25) is 14.4 Å². The molecule has 0 aliphatic carbocycles. The fraction of sp³-hybridized carbons (Fsp3) is 0.524. The number of amides is 1. The third-order valence-electron chi connectivity index (χ3n) is 5.67. The molecular formula is C21H29ClFN5O. The highest BCUT2D eigenvalue weighted by Crippen LogP contribution is 2.17. The number of rotatable bonds is 4. The van der Waals surface area contributed by atoms with E-state index in [0.29, 0.717) is 18.3 Å². The number of piperidine rings is 1. The van der Waals surface area contributed by atoms with Crippen LogP contribution in [0.3, 0.4) is 0 Å². The molecule has 6 nitrogen and oxygen atoms in total. The molecule has 3 heterocycles. The second kappa shape index (κ2) is 10.2. The number of hydrogen-bond donors (Lipinski definition) is 1. The van der Waals surface area contributed by atoms with E-state index in [1.165, 1.54) is 12.1 Å². The molecule has 1 aromatic carbocycles. The summed E-state index contributed by atoms with van der Waals surface area (Å²) in [4.78, 5) is 17.2. The molecule has 0 saturated carbocycles. The van der Waals surface area contributed by atoms with Gasteiger partial charge in [-0.05, 0) is 49.6 Å². The molecule has 8 heteroatoms. The lowest BCUT2D eigenvalue weighted by Crippen LogP contribution is -2.35. The summed E-state index contributed by atoms with van der Waals surface area (Å²) in [5.41, 5.74) is 1.64. The molecule has 1 N–H and O–H groups in total. The number of aromatic nitrogens is 2. The molecule has 4 rings (SSSR count). The third-order valence-corrected chi connectivity index (χ3v) is 5.67. The van der Waals surface area contributed by atoms with E-state index in [-0.39, 0.29) is 24.1 Å². The van der Waals surface area contributed by atoms with Gasteiger partial charge in [0.25, 0.3) is 5.91 Å². The minimum Gasteiger partial charge on any atom is -0.336 e. The maximum atomic E-state index is 13.1. The van der Waals surface area contributed by atoms with Crippen LogP contribution in [0.1, 0.15) is 41.4 Å². The minimum atomic E-state index is -0.208. The highest BCUT2D eigenvalue weighted by molar-refractivity contribution is 5.92. The first-order valence-electron chi connectivity index (χ1n) is 10.2. The number of halogens is 2. The van der Waals surface area contributed by atoms with E-state index in [4.69, 9.17) is 0 Å². The molecule has 2 aliphatic rings. The Kier molecular flexibility index (Phi) is 7.64. The molecular weight excluding hydrogens is 393 g/mol. The molecule has 0 bridgehead atoms. The number of benzene rings is 1. The smallest absolute Gasteiger partial charge is 0.274 e. The van der Waals surface area contributed by atoms with E-state index < -0.39 is 0 Å². The number of hydrogen-bond acceptors (Lipinski definition) is 4. The molecule has 2 aromatic rings. The van der Waals surface area contributed by atoms with Crippen LogP contribution in [0, 0.1) is 5.82 Å². The number of carbonyl (C=O) groups is 1. The van der Waals surface area contributed by atoms with E-state index in [0.717, 1.165) is 64.1 Å². The maximum absolute atomic E-state index is 13.1. The van der Waals surface area contributed by atoms with Crippen molar-refractivity contribution in [2.45, 2.75) is 31.8 Å². The van der Waals surface area contributed by atoms with E-state index >= 15 is 0 Å². The highest BCUT2D eigenvalue weighted by atomic mass is 35.5. The summed E-state index contributed by atoms with van der Waals surface area (Å²) in [6, 6.07) is 8.84. The number of nitrogens with zero attached hydrogens (tertiary/aromatic N) is 4. The minimum absolute atomic E-state index is 0. The molecule has 1 atom stereocenters. The second-order valence-corrected chi connectivity index (χ2v) is 7.73. The number of nitrogens with one attached hydrogen (secondary N) is 1. The highest BCUT2D eigenvalue weighted by Gasteiger charge is 2.23. The molecule has 1 aromatic heterocycles. The van der Waals surface area contributed by atoms with Gasteiger partial charge in [0.05, 0.1) is 6.04 Å². The van der Waals surface area contributed by atoms with Crippen LogP contribution >= 0.6 is 12.4 Å². The first-order chi connectivity index (χ1) is 13.7. The van der Waals surface area contributed by atoms with Gasteiger partial charge in [-0.1, -0.05) is 12.1 Å². The van der Waals surface area contributed by atoms with E-state index in [9.17, 15) is 9.18 Å². The summed E-state index contributed by atoms with van der Waals surface area (Å²) in [6.07, 6.45) is 5.11. The zero-order chi connectivity index (χ0) is 19.3. The van der Waals surface area contributed by atoms with Crippen LogP contribution in [0.2, 0.25) is 0 Å². The van der Waals surface area contributed by atoms with Crippen molar-refractivity contribution in [2.75, 3.05) is 39.3 Å². The van der Waals surface area contributed by atoms with Gasteiger partial charge in [0, 0.05) is 45.5 Å². The van der Waals surface area contributed by atoms with Gasteiger partial charge < -0.3 is 10.2 Å². The van der Waals surface area contributed by atoms with Crippen LogP contribution in [0.4, 0.5) is 4.39 Å². The van der Waals surface area contributed by atoms with Gasteiger partial charge in [-0.15, -0.1) is 12.4 Å². The molecule has 0 radical (unpaired) electrons. The van der Waals surface area contributed by atoms with Crippen LogP contribution < -0.4 is 5.32 Å². The Morgan fingerprint density at radius 1 is 1.10 bits per heavy atom. The van der Waals surface area contributed by atoms with Crippen molar-refractivity contribution >= 4 is 18.3 Å². The molecule has 158 valence electrons. The van der Waals surface area contributed by atoms with Gasteiger partial charge in [0.15, 0.2) is 0 Å². The van der Waals surface area contributed by atoms with E-state index in [1.807, 2.05) is 34.0 Å². The van der Waals surface area contributed by atoms with Gasteiger partial charge >= 0.3 is 0 Å². The normalized spacial score (nSPS) is 20.7. The van der Waals surface area contributed by atoms with E-state index in [2.05, 4.69) is 15.3 Å². The summed E-state index contributed by atoms with van der Waals surface area (Å²) < 4.78 is 15.0. The SMILES string of the molecule is Cl.O=C(c1ccn(C2CCCNC2)n1)N1CCCN(Cc2ccc(F)cc2)CC1. The van der Waals surface area contributed by atoms with Crippen LogP contribution in [0.5, 0.6) is 0 Å². The average molecular weight is 422 g/mol. The first-order valence-corrected chi connectivity index (χ1v) is 10.2. The molecule has 1 amide bonds. The van der Waals surface area contributed by atoms with Crippen LogP contribution in [0.15, 0.2) is 36.5 Å². The second-order valence-electron chi connectivity index (χ2n) is 7.73. The van der Waals surface area contributed by atoms with Gasteiger partial charge in [0.1, 0.15) is 11.5 Å². The zero-order valence-corrected chi connectivity index (χ0v) is 17.4. The molecule has 1 unspecified atom stereocenters. The van der Waals surface area contributed by atoms with Gasteiger partial charge in [0.2, 0.25) is 0 Å². The standard InChI is InChI=1S/C21H28FN5O.ClH/c22-18-6-4-17(5-7-18)16-25-10-2-11-26(14-13-25)21(28)20-8-12-27(24-20)19-3-1-9-23-15-19;/h4-8,12,19,23H,1-3,9-11,13-16H2;1H. The van der Waals surface area contributed by atoms with Crippen molar-refractivity contribution in [2.24, 2.45) is 0 Å². The van der Waals surface area contributed by atoms with Gasteiger partial charge in [-0.2, -0.15) is 5.10 Å².